The van der Waals surface area contributed by atoms with Crippen LogP contribution in [0.15, 0.2) is 36.5 Å². The summed E-state index contributed by atoms with van der Waals surface area (Å²) in [4.78, 5) is 4.32. The zero-order valence-electron chi connectivity index (χ0n) is 9.97. The van der Waals surface area contributed by atoms with E-state index in [4.69, 9.17) is 9.84 Å². The quantitative estimate of drug-likeness (QED) is 0.804. The van der Waals surface area contributed by atoms with E-state index in [9.17, 15) is 0 Å². The first-order chi connectivity index (χ1) is 8.27. The van der Waals surface area contributed by atoms with Crippen molar-refractivity contribution in [3.05, 3.63) is 36.5 Å². The maximum atomic E-state index is 9.15. The molecule has 90 valence electrons. The summed E-state index contributed by atoms with van der Waals surface area (Å²) in [5.41, 5.74) is 0.895. The highest BCUT2D eigenvalue weighted by atomic mass is 16.5. The molecule has 3 nitrogen and oxygen atoms in total. The number of ether oxygens (including phenoxy) is 1. The predicted molar refractivity (Wildman–Crippen MR) is 68.2 cm³/mol. The van der Waals surface area contributed by atoms with Crippen LogP contribution in [0.5, 0.6) is 5.75 Å². The van der Waals surface area contributed by atoms with Gasteiger partial charge in [0.2, 0.25) is 0 Å². The first kappa shape index (κ1) is 11.9. The second-order valence-corrected chi connectivity index (χ2v) is 4.17. The van der Waals surface area contributed by atoms with Crippen LogP contribution in [0, 0.1) is 0 Å². The van der Waals surface area contributed by atoms with Gasteiger partial charge in [0.05, 0.1) is 12.7 Å². The fourth-order valence-electron chi connectivity index (χ4n) is 1.75. The second kappa shape index (κ2) is 5.64. The maximum absolute atomic E-state index is 9.15. The molecule has 0 bridgehead atoms. The van der Waals surface area contributed by atoms with Gasteiger partial charge in [-0.2, -0.15) is 0 Å². The number of aliphatic hydroxyl groups excluding tert-OH is 1. The maximum Gasteiger partial charge on any atom is 0.145 e. The molecule has 1 unspecified atom stereocenters. The predicted octanol–water partition coefficient (Wildman–Crippen LogP) is 2.77. The number of pyridine rings is 1. The van der Waals surface area contributed by atoms with E-state index in [2.05, 4.69) is 4.98 Å². The average molecular weight is 231 g/mol. The molecule has 0 fully saturated rings. The first-order valence-corrected chi connectivity index (χ1v) is 5.92. The molecular formula is C14H17NO2. The summed E-state index contributed by atoms with van der Waals surface area (Å²) in [5, 5.41) is 10.2. The summed E-state index contributed by atoms with van der Waals surface area (Å²) < 4.78 is 5.70. The van der Waals surface area contributed by atoms with Crippen molar-refractivity contribution >= 4 is 10.9 Å². The number of aliphatic hydroxyl groups is 1. The lowest BCUT2D eigenvalue weighted by Gasteiger charge is -2.09. The molecular weight excluding hydrogens is 214 g/mol. The van der Waals surface area contributed by atoms with Crippen LogP contribution in [0.2, 0.25) is 0 Å². The molecule has 0 aliphatic heterocycles. The Balaban J connectivity index is 2.03. The second-order valence-electron chi connectivity index (χ2n) is 4.17. The lowest BCUT2D eigenvalue weighted by Crippen LogP contribution is -2.04. The van der Waals surface area contributed by atoms with Crippen molar-refractivity contribution in [3.8, 4) is 5.75 Å². The number of nitrogens with zero attached hydrogens (tertiary/aromatic N) is 1. The van der Waals surface area contributed by atoms with Crippen molar-refractivity contribution < 1.29 is 9.84 Å². The summed E-state index contributed by atoms with van der Waals surface area (Å²) in [6.45, 7) is 2.40. The molecule has 0 spiro atoms. The number of benzene rings is 1. The Morgan fingerprint density at radius 2 is 2.12 bits per heavy atom. The van der Waals surface area contributed by atoms with Gasteiger partial charge in [0.15, 0.2) is 0 Å². The van der Waals surface area contributed by atoms with Gasteiger partial charge in [0.25, 0.3) is 0 Å². The Hall–Kier alpha value is -1.61. The van der Waals surface area contributed by atoms with Crippen LogP contribution in [-0.4, -0.2) is 22.8 Å². The average Bonchev–Trinajstić information content (AvgIpc) is 2.34. The summed E-state index contributed by atoms with van der Waals surface area (Å²) in [6.07, 6.45) is 3.12. The minimum absolute atomic E-state index is 0.260. The number of para-hydroxylation sites is 1. The lowest BCUT2D eigenvalue weighted by atomic mass is 10.2. The summed E-state index contributed by atoms with van der Waals surface area (Å²) in [7, 11) is 0. The van der Waals surface area contributed by atoms with Crippen LogP contribution in [0.3, 0.4) is 0 Å². The van der Waals surface area contributed by atoms with Gasteiger partial charge in [-0.05, 0) is 31.9 Å². The van der Waals surface area contributed by atoms with E-state index in [0.29, 0.717) is 6.61 Å². The van der Waals surface area contributed by atoms with Gasteiger partial charge < -0.3 is 9.84 Å². The molecule has 1 heterocycles. The van der Waals surface area contributed by atoms with E-state index in [1.54, 1.807) is 13.1 Å². The Morgan fingerprint density at radius 3 is 2.94 bits per heavy atom. The van der Waals surface area contributed by atoms with Crippen LogP contribution >= 0.6 is 0 Å². The third-order valence-corrected chi connectivity index (χ3v) is 2.62. The molecule has 1 atom stereocenters. The normalized spacial score (nSPS) is 12.6. The molecule has 0 radical (unpaired) electrons. The molecule has 0 aliphatic rings. The summed E-state index contributed by atoms with van der Waals surface area (Å²) >= 11 is 0. The smallest absolute Gasteiger partial charge is 0.145 e. The van der Waals surface area contributed by atoms with Crippen LogP contribution in [0.4, 0.5) is 0 Å². The van der Waals surface area contributed by atoms with E-state index in [1.165, 1.54) is 0 Å². The van der Waals surface area contributed by atoms with E-state index in [0.717, 1.165) is 29.5 Å². The molecule has 1 aromatic carbocycles. The van der Waals surface area contributed by atoms with Crippen molar-refractivity contribution in [2.75, 3.05) is 6.61 Å². The van der Waals surface area contributed by atoms with Crippen LogP contribution < -0.4 is 4.74 Å². The van der Waals surface area contributed by atoms with Crippen molar-refractivity contribution in [2.24, 2.45) is 0 Å². The first-order valence-electron chi connectivity index (χ1n) is 5.92. The van der Waals surface area contributed by atoms with Crippen LogP contribution in [-0.2, 0) is 0 Å². The molecule has 0 amide bonds. The number of aromatic nitrogens is 1. The Morgan fingerprint density at radius 1 is 1.29 bits per heavy atom. The topological polar surface area (TPSA) is 42.4 Å². The molecule has 0 saturated carbocycles. The highest BCUT2D eigenvalue weighted by Crippen LogP contribution is 2.23. The third-order valence-electron chi connectivity index (χ3n) is 2.62. The lowest BCUT2D eigenvalue weighted by molar-refractivity contribution is 0.170. The van der Waals surface area contributed by atoms with Gasteiger partial charge in [-0.3, -0.25) is 4.98 Å². The minimum atomic E-state index is -0.260. The van der Waals surface area contributed by atoms with Crippen LogP contribution in [0.1, 0.15) is 19.8 Å². The van der Waals surface area contributed by atoms with Crippen LogP contribution in [0.25, 0.3) is 10.9 Å². The number of hydrogen-bond donors (Lipinski definition) is 1. The molecule has 2 aromatic rings. The van der Waals surface area contributed by atoms with Gasteiger partial charge >= 0.3 is 0 Å². The standard InChI is InChI=1S/C14H17NO2/c1-11(16)5-4-10-17-13-8-2-6-12-7-3-9-15-14(12)13/h2-3,6-9,11,16H,4-5,10H2,1H3. The fraction of sp³-hybridized carbons (Fsp3) is 0.357. The molecule has 1 aromatic heterocycles. The molecule has 1 N–H and O–H groups in total. The molecule has 17 heavy (non-hydrogen) atoms. The van der Waals surface area contributed by atoms with Gasteiger partial charge in [-0.1, -0.05) is 18.2 Å². The number of rotatable bonds is 5. The Bertz CT molecular complexity index is 477. The van der Waals surface area contributed by atoms with Crippen molar-refractivity contribution in [2.45, 2.75) is 25.9 Å². The van der Waals surface area contributed by atoms with E-state index < -0.39 is 0 Å². The van der Waals surface area contributed by atoms with Crippen molar-refractivity contribution in [3.63, 3.8) is 0 Å². The molecule has 3 heteroatoms. The zero-order valence-corrected chi connectivity index (χ0v) is 9.97. The highest BCUT2D eigenvalue weighted by molar-refractivity contribution is 5.84. The van der Waals surface area contributed by atoms with Gasteiger partial charge in [0.1, 0.15) is 11.3 Å². The van der Waals surface area contributed by atoms with E-state index >= 15 is 0 Å². The highest BCUT2D eigenvalue weighted by Gasteiger charge is 2.02. The monoisotopic (exact) mass is 231 g/mol. The summed E-state index contributed by atoms with van der Waals surface area (Å²) in [5.74, 6) is 0.814. The minimum Gasteiger partial charge on any atom is -0.491 e. The molecule has 0 aliphatic carbocycles. The number of hydrogen-bond acceptors (Lipinski definition) is 3. The van der Waals surface area contributed by atoms with Gasteiger partial charge in [-0.25, -0.2) is 0 Å². The number of fused-ring (bicyclic) bond motifs is 1. The Labute approximate surface area is 101 Å². The van der Waals surface area contributed by atoms with Crippen molar-refractivity contribution in [1.82, 2.24) is 4.98 Å². The van der Waals surface area contributed by atoms with Crippen molar-refractivity contribution in [1.29, 1.82) is 0 Å². The largest absolute Gasteiger partial charge is 0.491 e. The van der Waals surface area contributed by atoms with Gasteiger partial charge in [-0.15, -0.1) is 0 Å². The van der Waals surface area contributed by atoms with E-state index in [1.807, 2.05) is 30.3 Å². The fourth-order valence-corrected chi connectivity index (χ4v) is 1.75. The summed E-state index contributed by atoms with van der Waals surface area (Å²) in [6, 6.07) is 9.85. The SMILES string of the molecule is CC(O)CCCOc1cccc2cccnc12. The van der Waals surface area contributed by atoms with Gasteiger partial charge in [0, 0.05) is 11.6 Å². The van der Waals surface area contributed by atoms with E-state index in [-0.39, 0.29) is 6.10 Å². The third kappa shape index (κ3) is 3.17. The Kier molecular flexibility index (Phi) is 3.94. The molecule has 2 rings (SSSR count). The zero-order chi connectivity index (χ0) is 12.1. The molecule has 0 saturated heterocycles.